The van der Waals surface area contributed by atoms with E-state index in [0.29, 0.717) is 5.92 Å². The van der Waals surface area contributed by atoms with Crippen LogP contribution in [-0.2, 0) is 4.74 Å². The van der Waals surface area contributed by atoms with Crippen molar-refractivity contribution < 1.29 is 4.74 Å². The van der Waals surface area contributed by atoms with Gasteiger partial charge < -0.3 is 15.4 Å². The number of rotatable bonds is 5. The predicted molar refractivity (Wildman–Crippen MR) is 59.3 cm³/mol. The highest BCUT2D eigenvalue weighted by molar-refractivity contribution is 4.78. The first-order chi connectivity index (χ1) is 6.77. The summed E-state index contributed by atoms with van der Waals surface area (Å²) in [6.45, 7) is 10.3. The van der Waals surface area contributed by atoms with E-state index in [9.17, 15) is 0 Å². The van der Waals surface area contributed by atoms with E-state index in [-0.39, 0.29) is 0 Å². The van der Waals surface area contributed by atoms with Crippen molar-refractivity contribution in [3.63, 3.8) is 0 Å². The molecule has 1 saturated heterocycles. The Morgan fingerprint density at radius 3 is 2.93 bits per heavy atom. The van der Waals surface area contributed by atoms with Crippen LogP contribution in [0.5, 0.6) is 0 Å². The summed E-state index contributed by atoms with van der Waals surface area (Å²) in [5.74, 6) is 1.48. The number of hydrogen-bond acceptors (Lipinski definition) is 3. The zero-order valence-corrected chi connectivity index (χ0v) is 9.54. The molecule has 0 spiro atoms. The number of nitrogens with zero attached hydrogens (tertiary/aromatic N) is 1. The molecule has 3 nitrogen and oxygen atoms in total. The van der Waals surface area contributed by atoms with E-state index in [0.717, 1.165) is 38.8 Å². The molecule has 2 N–H and O–H groups in total. The number of hydrogen-bond donors (Lipinski definition) is 1. The van der Waals surface area contributed by atoms with Crippen LogP contribution >= 0.6 is 0 Å². The van der Waals surface area contributed by atoms with Gasteiger partial charge in [-0.3, -0.25) is 0 Å². The molecular weight excluding hydrogens is 176 g/mol. The minimum atomic E-state index is 0.686. The normalized spacial score (nSPS) is 29.4. The van der Waals surface area contributed by atoms with Crippen molar-refractivity contribution in [3.8, 4) is 0 Å². The smallest absolute Gasteiger partial charge is 0.0593 e. The summed E-state index contributed by atoms with van der Waals surface area (Å²) in [6.07, 6.45) is 1.29. The molecule has 0 amide bonds. The molecule has 2 unspecified atom stereocenters. The monoisotopic (exact) mass is 200 g/mol. The summed E-state index contributed by atoms with van der Waals surface area (Å²) in [7, 11) is 0. The third kappa shape index (κ3) is 3.56. The Hall–Kier alpha value is -0.120. The Kier molecular flexibility index (Phi) is 5.45. The van der Waals surface area contributed by atoms with Crippen LogP contribution in [0.2, 0.25) is 0 Å². The van der Waals surface area contributed by atoms with Crippen LogP contribution in [0.3, 0.4) is 0 Å². The van der Waals surface area contributed by atoms with E-state index >= 15 is 0 Å². The molecule has 14 heavy (non-hydrogen) atoms. The second kappa shape index (κ2) is 6.38. The standard InChI is InChI=1S/C11H24N2O/c1-3-14-7-6-13-5-4-10(2)11(8-12)9-13/h10-11H,3-9,12H2,1-2H3. The fraction of sp³-hybridized carbons (Fsp3) is 1.00. The van der Waals surface area contributed by atoms with Gasteiger partial charge in [0.1, 0.15) is 0 Å². The molecule has 0 radical (unpaired) electrons. The fourth-order valence-electron chi connectivity index (χ4n) is 2.07. The topological polar surface area (TPSA) is 38.5 Å². The number of nitrogens with two attached hydrogens (primary N) is 1. The van der Waals surface area contributed by atoms with E-state index in [1.807, 2.05) is 6.92 Å². The van der Waals surface area contributed by atoms with Crippen molar-refractivity contribution in [2.24, 2.45) is 17.6 Å². The van der Waals surface area contributed by atoms with Gasteiger partial charge in [-0.2, -0.15) is 0 Å². The number of ether oxygens (including phenoxy) is 1. The van der Waals surface area contributed by atoms with E-state index < -0.39 is 0 Å². The summed E-state index contributed by atoms with van der Waals surface area (Å²) >= 11 is 0. The highest BCUT2D eigenvalue weighted by atomic mass is 16.5. The van der Waals surface area contributed by atoms with Crippen molar-refractivity contribution in [2.45, 2.75) is 20.3 Å². The first-order valence-corrected chi connectivity index (χ1v) is 5.78. The van der Waals surface area contributed by atoms with E-state index in [2.05, 4.69) is 11.8 Å². The van der Waals surface area contributed by atoms with Gasteiger partial charge in [-0.1, -0.05) is 6.92 Å². The van der Waals surface area contributed by atoms with Crippen molar-refractivity contribution in [2.75, 3.05) is 39.4 Å². The van der Waals surface area contributed by atoms with Gasteiger partial charge in [0.05, 0.1) is 6.61 Å². The second-order valence-corrected chi connectivity index (χ2v) is 4.26. The summed E-state index contributed by atoms with van der Waals surface area (Å²) in [6, 6.07) is 0. The maximum Gasteiger partial charge on any atom is 0.0593 e. The van der Waals surface area contributed by atoms with Gasteiger partial charge in [0.15, 0.2) is 0 Å². The molecule has 1 aliphatic heterocycles. The van der Waals surface area contributed by atoms with Crippen molar-refractivity contribution in [3.05, 3.63) is 0 Å². The van der Waals surface area contributed by atoms with E-state index in [4.69, 9.17) is 10.5 Å². The van der Waals surface area contributed by atoms with Crippen LogP contribution in [0.15, 0.2) is 0 Å². The molecule has 3 heteroatoms. The quantitative estimate of drug-likeness (QED) is 0.671. The average Bonchev–Trinajstić information content (AvgIpc) is 2.21. The minimum absolute atomic E-state index is 0.686. The Labute approximate surface area is 87.6 Å². The maximum atomic E-state index is 5.75. The first-order valence-electron chi connectivity index (χ1n) is 5.78. The van der Waals surface area contributed by atoms with Crippen LogP contribution in [0.1, 0.15) is 20.3 Å². The molecule has 1 aliphatic rings. The third-order valence-corrected chi connectivity index (χ3v) is 3.26. The molecule has 0 aromatic rings. The van der Waals surface area contributed by atoms with Crippen LogP contribution in [-0.4, -0.2) is 44.3 Å². The minimum Gasteiger partial charge on any atom is -0.380 e. The molecule has 0 bridgehead atoms. The lowest BCUT2D eigenvalue weighted by molar-refractivity contribution is 0.0772. The largest absolute Gasteiger partial charge is 0.380 e. The van der Waals surface area contributed by atoms with Crippen LogP contribution in [0.4, 0.5) is 0 Å². The molecule has 0 aromatic heterocycles. The lowest BCUT2D eigenvalue weighted by Gasteiger charge is -2.36. The highest BCUT2D eigenvalue weighted by Gasteiger charge is 2.24. The second-order valence-electron chi connectivity index (χ2n) is 4.26. The van der Waals surface area contributed by atoms with Crippen molar-refractivity contribution in [1.29, 1.82) is 0 Å². The highest BCUT2D eigenvalue weighted by Crippen LogP contribution is 2.21. The van der Waals surface area contributed by atoms with Crippen LogP contribution in [0.25, 0.3) is 0 Å². The van der Waals surface area contributed by atoms with E-state index in [1.54, 1.807) is 0 Å². The zero-order chi connectivity index (χ0) is 10.4. The molecule has 1 heterocycles. The SMILES string of the molecule is CCOCCN1CCC(C)C(CN)C1. The molecule has 84 valence electrons. The lowest BCUT2D eigenvalue weighted by Crippen LogP contribution is -2.43. The van der Waals surface area contributed by atoms with Gasteiger partial charge in [0.2, 0.25) is 0 Å². The molecule has 0 aromatic carbocycles. The lowest BCUT2D eigenvalue weighted by atomic mass is 9.87. The zero-order valence-electron chi connectivity index (χ0n) is 9.54. The summed E-state index contributed by atoms with van der Waals surface area (Å²) in [5.41, 5.74) is 5.75. The van der Waals surface area contributed by atoms with Gasteiger partial charge in [-0.25, -0.2) is 0 Å². The Bertz CT molecular complexity index is 152. The Morgan fingerprint density at radius 1 is 1.50 bits per heavy atom. The average molecular weight is 200 g/mol. The van der Waals surface area contributed by atoms with Gasteiger partial charge in [0, 0.05) is 19.7 Å². The van der Waals surface area contributed by atoms with Gasteiger partial charge in [-0.05, 0) is 38.3 Å². The predicted octanol–water partition coefficient (Wildman–Crippen LogP) is 0.940. The van der Waals surface area contributed by atoms with Gasteiger partial charge >= 0.3 is 0 Å². The van der Waals surface area contributed by atoms with Gasteiger partial charge in [-0.15, -0.1) is 0 Å². The Morgan fingerprint density at radius 2 is 2.29 bits per heavy atom. The maximum absolute atomic E-state index is 5.75. The summed E-state index contributed by atoms with van der Waals surface area (Å²) in [5, 5.41) is 0. The number of likely N-dealkylation sites (tertiary alicyclic amines) is 1. The Balaban J connectivity index is 2.21. The van der Waals surface area contributed by atoms with Crippen LogP contribution in [0, 0.1) is 11.8 Å². The molecule has 2 atom stereocenters. The molecule has 0 saturated carbocycles. The van der Waals surface area contributed by atoms with Crippen LogP contribution < -0.4 is 5.73 Å². The summed E-state index contributed by atoms with van der Waals surface area (Å²) < 4.78 is 5.36. The third-order valence-electron chi connectivity index (χ3n) is 3.26. The fourth-order valence-corrected chi connectivity index (χ4v) is 2.07. The summed E-state index contributed by atoms with van der Waals surface area (Å²) in [4.78, 5) is 2.48. The van der Waals surface area contributed by atoms with Crippen molar-refractivity contribution in [1.82, 2.24) is 4.90 Å². The molecule has 0 aliphatic carbocycles. The number of piperidine rings is 1. The van der Waals surface area contributed by atoms with Crippen molar-refractivity contribution >= 4 is 0 Å². The van der Waals surface area contributed by atoms with Gasteiger partial charge in [0.25, 0.3) is 0 Å². The molecule has 1 rings (SSSR count). The van der Waals surface area contributed by atoms with E-state index in [1.165, 1.54) is 13.0 Å². The molecular formula is C11H24N2O. The molecule has 1 fully saturated rings. The first kappa shape index (κ1) is 12.0.